The van der Waals surface area contributed by atoms with Crippen molar-refractivity contribution in [1.82, 2.24) is 24.8 Å². The Balaban J connectivity index is 1.76. The number of aromatic nitrogens is 3. The standard InChI is InChI=1S/C21H29N5O2/c1-6-26-17(27)11-15(18(26)19-22-9-10-25(19)5)20(28)24-13-21(3,4)16-8-7-14(2)12-23-16/h7-10,12,15,18H,6,11,13H2,1-5H3,(H,24,28)/t15-,18-/m0/s1. The summed E-state index contributed by atoms with van der Waals surface area (Å²) in [6.07, 6.45) is 5.59. The van der Waals surface area contributed by atoms with Gasteiger partial charge in [0.05, 0.1) is 5.92 Å². The quantitative estimate of drug-likeness (QED) is 0.829. The van der Waals surface area contributed by atoms with E-state index in [1.807, 2.05) is 50.0 Å². The van der Waals surface area contributed by atoms with Crippen LogP contribution in [0.4, 0.5) is 0 Å². The van der Waals surface area contributed by atoms with Crippen LogP contribution in [0.3, 0.4) is 0 Å². The Bertz CT molecular complexity index is 856. The summed E-state index contributed by atoms with van der Waals surface area (Å²) in [5.74, 6) is 0.176. The molecule has 28 heavy (non-hydrogen) atoms. The van der Waals surface area contributed by atoms with E-state index in [4.69, 9.17) is 0 Å². The number of imidazole rings is 1. The fourth-order valence-electron chi connectivity index (χ4n) is 3.78. The molecule has 0 unspecified atom stereocenters. The van der Waals surface area contributed by atoms with E-state index in [2.05, 4.69) is 29.1 Å². The Morgan fingerprint density at radius 1 is 1.32 bits per heavy atom. The summed E-state index contributed by atoms with van der Waals surface area (Å²) in [5.41, 5.74) is 1.72. The van der Waals surface area contributed by atoms with Gasteiger partial charge in [0.1, 0.15) is 11.9 Å². The maximum Gasteiger partial charge on any atom is 0.226 e. The molecule has 1 saturated heterocycles. The van der Waals surface area contributed by atoms with Crippen molar-refractivity contribution in [2.45, 2.75) is 45.6 Å². The fourth-order valence-corrected chi connectivity index (χ4v) is 3.78. The Labute approximate surface area is 166 Å². The van der Waals surface area contributed by atoms with Gasteiger partial charge in [0.2, 0.25) is 11.8 Å². The molecule has 0 radical (unpaired) electrons. The second kappa shape index (κ2) is 7.73. The highest BCUT2D eigenvalue weighted by atomic mass is 16.2. The average molecular weight is 383 g/mol. The molecule has 0 bridgehead atoms. The number of hydrogen-bond acceptors (Lipinski definition) is 4. The molecule has 150 valence electrons. The molecular weight excluding hydrogens is 354 g/mol. The van der Waals surface area contributed by atoms with E-state index in [-0.39, 0.29) is 29.7 Å². The summed E-state index contributed by atoms with van der Waals surface area (Å²) in [6.45, 7) is 9.05. The number of amides is 2. The Hall–Kier alpha value is -2.70. The number of aryl methyl sites for hydroxylation is 2. The zero-order valence-corrected chi connectivity index (χ0v) is 17.3. The lowest BCUT2D eigenvalue weighted by Gasteiger charge is -2.28. The van der Waals surface area contributed by atoms with Crippen molar-refractivity contribution < 1.29 is 9.59 Å². The number of pyridine rings is 1. The Morgan fingerprint density at radius 2 is 2.07 bits per heavy atom. The van der Waals surface area contributed by atoms with E-state index < -0.39 is 5.92 Å². The maximum atomic E-state index is 13.1. The molecule has 7 heteroatoms. The monoisotopic (exact) mass is 383 g/mol. The summed E-state index contributed by atoms with van der Waals surface area (Å²) >= 11 is 0. The van der Waals surface area contributed by atoms with E-state index >= 15 is 0 Å². The van der Waals surface area contributed by atoms with Crippen molar-refractivity contribution in [3.63, 3.8) is 0 Å². The third-order valence-corrected chi connectivity index (χ3v) is 5.54. The maximum absolute atomic E-state index is 13.1. The molecule has 2 amide bonds. The number of carbonyl (C=O) groups is 2. The van der Waals surface area contributed by atoms with Gasteiger partial charge in [0.25, 0.3) is 0 Å². The molecule has 0 aliphatic carbocycles. The first-order valence-corrected chi connectivity index (χ1v) is 9.72. The lowest BCUT2D eigenvalue weighted by Crippen LogP contribution is -2.42. The number of carbonyl (C=O) groups excluding carboxylic acids is 2. The van der Waals surface area contributed by atoms with Crippen LogP contribution in [0.5, 0.6) is 0 Å². The van der Waals surface area contributed by atoms with Gasteiger partial charge < -0.3 is 14.8 Å². The smallest absolute Gasteiger partial charge is 0.226 e. The minimum absolute atomic E-state index is 0.00453. The Kier molecular flexibility index (Phi) is 5.54. The predicted molar refractivity (Wildman–Crippen MR) is 106 cm³/mol. The van der Waals surface area contributed by atoms with Gasteiger partial charge in [-0.1, -0.05) is 19.9 Å². The van der Waals surface area contributed by atoms with Gasteiger partial charge >= 0.3 is 0 Å². The largest absolute Gasteiger partial charge is 0.355 e. The minimum atomic E-state index is -0.449. The Morgan fingerprint density at radius 3 is 2.64 bits per heavy atom. The van der Waals surface area contributed by atoms with Gasteiger partial charge in [-0.25, -0.2) is 4.98 Å². The van der Waals surface area contributed by atoms with E-state index in [0.717, 1.165) is 17.1 Å². The zero-order chi connectivity index (χ0) is 20.5. The summed E-state index contributed by atoms with van der Waals surface area (Å²) in [4.78, 5) is 36.2. The van der Waals surface area contributed by atoms with E-state index in [9.17, 15) is 9.59 Å². The highest BCUT2D eigenvalue weighted by molar-refractivity contribution is 5.90. The second-order valence-corrected chi connectivity index (χ2v) is 8.15. The van der Waals surface area contributed by atoms with E-state index in [1.165, 1.54) is 0 Å². The van der Waals surface area contributed by atoms with E-state index in [1.54, 1.807) is 11.1 Å². The van der Waals surface area contributed by atoms with Crippen LogP contribution in [0.15, 0.2) is 30.7 Å². The number of hydrogen-bond donors (Lipinski definition) is 1. The fraction of sp³-hybridized carbons (Fsp3) is 0.524. The number of likely N-dealkylation sites (tertiary alicyclic amines) is 1. The molecule has 2 aromatic heterocycles. The molecule has 1 aliphatic heterocycles. The highest BCUT2D eigenvalue weighted by Gasteiger charge is 2.45. The van der Waals surface area contributed by atoms with Crippen LogP contribution in [-0.4, -0.2) is 44.3 Å². The first kappa shape index (κ1) is 20.0. The van der Waals surface area contributed by atoms with Gasteiger partial charge in [-0.3, -0.25) is 14.6 Å². The lowest BCUT2D eigenvalue weighted by molar-refractivity contribution is -0.129. The van der Waals surface area contributed by atoms with Crippen molar-refractivity contribution in [3.8, 4) is 0 Å². The highest BCUT2D eigenvalue weighted by Crippen LogP contribution is 2.37. The van der Waals surface area contributed by atoms with Crippen molar-refractivity contribution in [1.29, 1.82) is 0 Å². The predicted octanol–water partition coefficient (Wildman–Crippen LogP) is 2.13. The zero-order valence-electron chi connectivity index (χ0n) is 17.3. The van der Waals surface area contributed by atoms with Crippen LogP contribution in [-0.2, 0) is 22.1 Å². The number of rotatable bonds is 6. The van der Waals surface area contributed by atoms with Crippen molar-refractivity contribution >= 4 is 11.8 Å². The SMILES string of the molecule is CCN1C(=O)C[C@H](C(=O)NCC(C)(C)c2ccc(C)cn2)[C@H]1c1nccn1C. The average Bonchev–Trinajstić information content (AvgIpc) is 3.22. The molecule has 3 heterocycles. The molecule has 2 atom stereocenters. The molecule has 1 fully saturated rings. The number of nitrogens with one attached hydrogen (secondary N) is 1. The van der Waals surface area contributed by atoms with Gasteiger partial charge in [-0.15, -0.1) is 0 Å². The van der Waals surface area contributed by atoms with Gasteiger partial charge in [0.15, 0.2) is 0 Å². The molecular formula is C21H29N5O2. The first-order chi connectivity index (χ1) is 13.2. The lowest BCUT2D eigenvalue weighted by atomic mass is 9.88. The second-order valence-electron chi connectivity index (χ2n) is 8.15. The van der Waals surface area contributed by atoms with E-state index in [0.29, 0.717) is 13.1 Å². The van der Waals surface area contributed by atoms with Crippen molar-refractivity contribution in [3.05, 3.63) is 47.8 Å². The van der Waals surface area contributed by atoms with Crippen LogP contribution in [0, 0.1) is 12.8 Å². The normalized spacial score (nSPS) is 19.9. The summed E-state index contributed by atoms with van der Waals surface area (Å²) in [7, 11) is 1.89. The third kappa shape index (κ3) is 3.79. The van der Waals surface area contributed by atoms with Crippen LogP contribution in [0.2, 0.25) is 0 Å². The topological polar surface area (TPSA) is 80.1 Å². The van der Waals surface area contributed by atoms with Crippen molar-refractivity contribution in [2.24, 2.45) is 13.0 Å². The molecule has 0 spiro atoms. The van der Waals surface area contributed by atoms with Crippen LogP contribution in [0.25, 0.3) is 0 Å². The third-order valence-electron chi connectivity index (χ3n) is 5.54. The number of nitrogens with zero attached hydrogens (tertiary/aromatic N) is 4. The summed E-state index contributed by atoms with van der Waals surface area (Å²) in [6, 6.07) is 3.69. The molecule has 7 nitrogen and oxygen atoms in total. The molecule has 1 aliphatic rings. The van der Waals surface area contributed by atoms with Gasteiger partial charge in [-0.2, -0.15) is 0 Å². The van der Waals surface area contributed by atoms with Crippen LogP contribution in [0.1, 0.15) is 50.3 Å². The molecule has 3 rings (SSSR count). The first-order valence-electron chi connectivity index (χ1n) is 9.72. The summed E-state index contributed by atoms with van der Waals surface area (Å²) in [5, 5.41) is 3.06. The van der Waals surface area contributed by atoms with Crippen molar-refractivity contribution in [2.75, 3.05) is 13.1 Å². The summed E-state index contributed by atoms with van der Waals surface area (Å²) < 4.78 is 1.88. The molecule has 0 aromatic carbocycles. The van der Waals surface area contributed by atoms with Gasteiger partial charge in [0, 0.05) is 56.3 Å². The molecule has 1 N–H and O–H groups in total. The van der Waals surface area contributed by atoms with Gasteiger partial charge in [-0.05, 0) is 25.5 Å². The molecule has 0 saturated carbocycles. The van der Waals surface area contributed by atoms with Crippen LogP contribution < -0.4 is 5.32 Å². The molecule has 2 aromatic rings. The van der Waals surface area contributed by atoms with Crippen LogP contribution >= 0.6 is 0 Å². The minimum Gasteiger partial charge on any atom is -0.355 e.